The number of guanidine groups is 1. The summed E-state index contributed by atoms with van der Waals surface area (Å²) in [6.07, 6.45) is 1.61. The van der Waals surface area contributed by atoms with Crippen molar-refractivity contribution >= 4 is 68.0 Å². The number of aromatic carboxylic acids is 1. The van der Waals surface area contributed by atoms with Gasteiger partial charge in [-0.25, -0.2) is 27.1 Å². The van der Waals surface area contributed by atoms with Crippen molar-refractivity contribution in [2.75, 3.05) is 49.5 Å². The molecule has 1 atom stereocenters. The number of hydrogen-bond acceptors (Lipinski definition) is 13. The van der Waals surface area contributed by atoms with Crippen molar-refractivity contribution in [3.8, 4) is 5.75 Å². The van der Waals surface area contributed by atoms with Crippen LogP contribution in [0.3, 0.4) is 0 Å². The highest BCUT2D eigenvalue weighted by atomic mass is 32.2. The van der Waals surface area contributed by atoms with E-state index < -0.39 is 85.7 Å². The molecule has 2 aliphatic heterocycles. The first-order valence-electron chi connectivity index (χ1n) is 24.5. The summed E-state index contributed by atoms with van der Waals surface area (Å²) in [5.74, 6) is -4.42. The smallest absolute Gasteiger partial charge is 0.410 e. The van der Waals surface area contributed by atoms with Crippen molar-refractivity contribution in [1.82, 2.24) is 30.1 Å². The molecule has 4 aromatic rings. The van der Waals surface area contributed by atoms with Crippen LogP contribution in [0.25, 0.3) is 10.9 Å². The zero-order chi connectivity index (χ0) is 54.1. The SMILES string of the molecule is CCNC(=O)C1(C(=O)N[C@@](O)(CCCNC(=N)NS(=O)(=O)c2c(C)c(C)c3c(c2C)CC(C)(C)O3)C(=O)Nc2ccc(COC(=O)N3CCN(c4cc5c(cc4F)c(=O)c(C(=O)O)cn5CC)CC3)cc2)CCC1. The first kappa shape index (κ1) is 54.5. The number of anilines is 2. The molecule has 23 heteroatoms. The Hall–Kier alpha value is -7.27. The summed E-state index contributed by atoms with van der Waals surface area (Å²) < 4.78 is 58.4. The van der Waals surface area contributed by atoms with E-state index in [9.17, 15) is 47.4 Å². The summed E-state index contributed by atoms with van der Waals surface area (Å²) in [5.41, 5.74) is -2.04. The molecule has 21 nitrogen and oxygen atoms in total. The summed E-state index contributed by atoms with van der Waals surface area (Å²) in [7, 11) is -4.25. The van der Waals surface area contributed by atoms with Gasteiger partial charge in [0.25, 0.3) is 15.9 Å². The Morgan fingerprint density at radius 2 is 1.62 bits per heavy atom. The van der Waals surface area contributed by atoms with Crippen molar-refractivity contribution in [1.29, 1.82) is 5.41 Å². The quantitative estimate of drug-likeness (QED) is 0.0241. The van der Waals surface area contributed by atoms with Gasteiger partial charge in [0.2, 0.25) is 28.9 Å². The van der Waals surface area contributed by atoms with Crippen LogP contribution in [0.5, 0.6) is 5.75 Å². The number of hydrogen-bond donors (Lipinski definition) is 8. The Bertz CT molecular complexity index is 3100. The van der Waals surface area contributed by atoms with Gasteiger partial charge < -0.3 is 55.3 Å². The van der Waals surface area contributed by atoms with Crippen molar-refractivity contribution < 1.29 is 56.5 Å². The van der Waals surface area contributed by atoms with Crippen LogP contribution < -0.4 is 41.1 Å². The van der Waals surface area contributed by atoms with Crippen LogP contribution in [-0.4, -0.2) is 114 Å². The monoisotopic (exact) mass is 1050 g/mol. The minimum absolute atomic E-state index is 0.0421. The highest BCUT2D eigenvalue weighted by molar-refractivity contribution is 7.90. The van der Waals surface area contributed by atoms with Crippen LogP contribution in [0.15, 0.2) is 52.3 Å². The summed E-state index contributed by atoms with van der Waals surface area (Å²) >= 11 is 0. The lowest BCUT2D eigenvalue weighted by atomic mass is 9.67. The van der Waals surface area contributed by atoms with E-state index in [-0.39, 0.29) is 86.8 Å². The molecule has 74 heavy (non-hydrogen) atoms. The number of carboxylic acid groups (broad SMARTS) is 1. The third-order valence-electron chi connectivity index (χ3n) is 14.1. The molecule has 0 spiro atoms. The fourth-order valence-corrected chi connectivity index (χ4v) is 11.3. The first-order chi connectivity index (χ1) is 34.8. The lowest BCUT2D eigenvalue weighted by molar-refractivity contribution is -0.159. The second kappa shape index (κ2) is 21.3. The number of nitrogens with one attached hydrogen (secondary N) is 6. The van der Waals surface area contributed by atoms with Crippen LogP contribution in [0.4, 0.5) is 20.6 Å². The van der Waals surface area contributed by atoms with E-state index in [1.807, 2.05) is 13.8 Å². The summed E-state index contributed by atoms with van der Waals surface area (Å²) in [4.78, 5) is 81.7. The average molecular weight is 1050 g/mol. The molecule has 1 saturated carbocycles. The Labute approximate surface area is 427 Å². The minimum Gasteiger partial charge on any atom is -0.487 e. The molecule has 3 aromatic carbocycles. The van der Waals surface area contributed by atoms with Crippen molar-refractivity contribution in [3.63, 3.8) is 0 Å². The number of benzene rings is 3. The van der Waals surface area contributed by atoms with E-state index in [0.717, 1.165) is 11.6 Å². The van der Waals surface area contributed by atoms with E-state index >= 15 is 4.39 Å². The maximum absolute atomic E-state index is 15.4. The van der Waals surface area contributed by atoms with Crippen LogP contribution in [0, 0.1) is 37.4 Å². The number of sulfonamides is 1. The number of aliphatic hydroxyl groups is 1. The van der Waals surface area contributed by atoms with Crippen molar-refractivity contribution in [3.05, 3.63) is 92.0 Å². The van der Waals surface area contributed by atoms with E-state index in [0.29, 0.717) is 52.9 Å². The van der Waals surface area contributed by atoms with Gasteiger partial charge in [-0.1, -0.05) is 18.6 Å². The summed E-state index contributed by atoms with van der Waals surface area (Å²) in [6, 6.07) is 8.70. The van der Waals surface area contributed by atoms with Gasteiger partial charge in [0.15, 0.2) is 0 Å². The number of carbonyl (C=O) groups excluding carboxylic acids is 4. The number of carboxylic acids is 1. The number of aromatic nitrogens is 1. The predicted octanol–water partition coefficient (Wildman–Crippen LogP) is 4.29. The number of ether oxygens (including phenoxy) is 2. The third kappa shape index (κ3) is 11.0. The number of halogens is 1. The highest BCUT2D eigenvalue weighted by Gasteiger charge is 2.53. The Morgan fingerprint density at radius 1 is 0.946 bits per heavy atom. The fraction of sp³-hybridized carbons (Fsp3) is 0.471. The molecule has 398 valence electrons. The number of piperazine rings is 1. The predicted molar refractivity (Wildman–Crippen MR) is 272 cm³/mol. The molecule has 2 fully saturated rings. The van der Waals surface area contributed by atoms with Crippen molar-refractivity contribution in [2.24, 2.45) is 5.41 Å². The summed E-state index contributed by atoms with van der Waals surface area (Å²) in [5, 5.41) is 40.2. The number of aryl methyl sites for hydroxylation is 1. The second-order valence-corrected chi connectivity index (χ2v) is 21.3. The van der Waals surface area contributed by atoms with E-state index in [1.165, 1.54) is 29.3 Å². The molecular weight excluding hydrogens is 982 g/mol. The van der Waals surface area contributed by atoms with Gasteiger partial charge in [0.05, 0.1) is 16.1 Å². The number of nitrogens with zero attached hydrogens (tertiary/aromatic N) is 3. The molecule has 0 bridgehead atoms. The standard InChI is InChI=1S/C51H64FN9O12S/c1-8-54-44(65)50(16-10-17-50)45(66)57-51(69,18-11-19-55-47(53)58-74(70,71)42-30(4)29(3)41-35(31(42)5)26-49(6,7)73-41)46(67)56-33-14-12-32(13-15-33)28-72-48(68)61-22-20-60(21-23-61)39-25-38-34(24-37(39)52)40(62)36(43(63)64)27-59(38)9-2/h12-15,24-25,27,69H,8-11,16-23,26,28H2,1-7H3,(H,54,65)(H,56,67)(H,57,66)(H,63,64)(H3,53,55,58)/t51-/m1/s1. The number of rotatable bonds is 17. The first-order valence-corrected chi connectivity index (χ1v) is 26.0. The van der Waals surface area contributed by atoms with Crippen LogP contribution in [0.1, 0.15) is 98.0 Å². The molecule has 7 rings (SSSR count). The Kier molecular flexibility index (Phi) is 15.7. The van der Waals surface area contributed by atoms with Gasteiger partial charge in [-0.3, -0.25) is 24.6 Å². The molecule has 1 saturated heterocycles. The third-order valence-corrected chi connectivity index (χ3v) is 15.7. The topological polar surface area (TPSA) is 291 Å². The summed E-state index contributed by atoms with van der Waals surface area (Å²) in [6.45, 7) is 13.7. The van der Waals surface area contributed by atoms with Crippen molar-refractivity contribution in [2.45, 2.75) is 116 Å². The maximum Gasteiger partial charge on any atom is 0.410 e. The molecule has 4 amide bonds. The molecule has 1 aliphatic carbocycles. The lowest BCUT2D eigenvalue weighted by Crippen LogP contribution is -2.64. The Balaban J connectivity index is 0.953. The Morgan fingerprint density at radius 3 is 2.23 bits per heavy atom. The molecule has 3 aliphatic rings. The minimum atomic E-state index is -4.25. The van der Waals surface area contributed by atoms with Gasteiger partial charge in [-0.05, 0) is 114 Å². The highest BCUT2D eigenvalue weighted by Crippen LogP contribution is 2.44. The molecular formula is C51H64FN9O12S. The number of amides is 4. The maximum atomic E-state index is 15.4. The zero-order valence-electron chi connectivity index (χ0n) is 42.5. The zero-order valence-corrected chi connectivity index (χ0v) is 43.4. The van der Waals surface area contributed by atoms with Gasteiger partial charge in [0, 0.05) is 81.5 Å². The van der Waals surface area contributed by atoms with E-state index in [4.69, 9.17) is 14.9 Å². The fourth-order valence-electron chi connectivity index (χ4n) is 9.73. The largest absolute Gasteiger partial charge is 0.487 e. The van der Waals surface area contributed by atoms with Gasteiger partial charge in [-0.15, -0.1) is 0 Å². The number of carbonyl (C=O) groups is 5. The van der Waals surface area contributed by atoms with Crippen LogP contribution in [-0.2, 0) is 48.7 Å². The van der Waals surface area contributed by atoms with Gasteiger partial charge in [0.1, 0.15) is 34.8 Å². The van der Waals surface area contributed by atoms with Gasteiger partial charge >= 0.3 is 12.1 Å². The van der Waals surface area contributed by atoms with E-state index in [1.54, 1.807) is 56.2 Å². The second-order valence-electron chi connectivity index (χ2n) is 19.6. The molecule has 0 unspecified atom stereocenters. The normalized spacial score (nSPS) is 16.4. The molecule has 1 aromatic heterocycles. The number of fused-ring (bicyclic) bond motifs is 2. The molecule has 0 radical (unpaired) electrons. The lowest BCUT2D eigenvalue weighted by Gasteiger charge is -2.40. The molecule has 3 heterocycles. The van der Waals surface area contributed by atoms with Crippen LogP contribution in [0.2, 0.25) is 0 Å². The average Bonchev–Trinajstić information content (AvgIpc) is 3.67. The van der Waals surface area contributed by atoms with Crippen LogP contribution >= 0.6 is 0 Å². The number of pyridine rings is 1. The van der Waals surface area contributed by atoms with Gasteiger partial charge in [-0.2, -0.15) is 0 Å². The molecule has 8 N–H and O–H groups in total. The van der Waals surface area contributed by atoms with E-state index in [2.05, 4.69) is 26.0 Å².